The maximum atomic E-state index is 12.6. The van der Waals surface area contributed by atoms with Gasteiger partial charge >= 0.3 is 0 Å². The van der Waals surface area contributed by atoms with Crippen LogP contribution >= 0.6 is 0 Å². The third-order valence-corrected chi connectivity index (χ3v) is 5.07. The van der Waals surface area contributed by atoms with Gasteiger partial charge in [-0.3, -0.25) is 9.69 Å². The third kappa shape index (κ3) is 5.08. The summed E-state index contributed by atoms with van der Waals surface area (Å²) >= 11 is 0. The molecule has 1 heterocycles. The van der Waals surface area contributed by atoms with Crippen LogP contribution in [0.3, 0.4) is 0 Å². The second-order valence-corrected chi connectivity index (χ2v) is 6.70. The Balaban J connectivity index is 1.70. The van der Waals surface area contributed by atoms with Crippen LogP contribution < -0.4 is 10.1 Å². The van der Waals surface area contributed by atoms with Crippen LogP contribution in [0.5, 0.6) is 5.75 Å². The Kier molecular flexibility index (Phi) is 6.85. The van der Waals surface area contributed by atoms with Gasteiger partial charge in [0.05, 0.1) is 26.4 Å². The Labute approximate surface area is 161 Å². The van der Waals surface area contributed by atoms with Crippen LogP contribution in [0.4, 0.5) is 0 Å². The molecule has 2 aromatic carbocycles. The first kappa shape index (κ1) is 19.4. The van der Waals surface area contributed by atoms with Gasteiger partial charge in [-0.1, -0.05) is 31.2 Å². The zero-order chi connectivity index (χ0) is 19.1. The second kappa shape index (κ2) is 9.53. The molecule has 0 radical (unpaired) electrons. The molecule has 1 saturated heterocycles. The highest BCUT2D eigenvalue weighted by molar-refractivity contribution is 5.94. The van der Waals surface area contributed by atoms with Crippen molar-refractivity contribution in [3.8, 4) is 5.75 Å². The van der Waals surface area contributed by atoms with E-state index in [1.165, 1.54) is 11.1 Å². The molecule has 5 nitrogen and oxygen atoms in total. The number of ether oxygens (including phenoxy) is 2. The highest BCUT2D eigenvalue weighted by atomic mass is 16.5. The molecular formula is C22H28N2O3. The average molecular weight is 368 g/mol. The lowest BCUT2D eigenvalue weighted by molar-refractivity contribution is 0.0162. The monoisotopic (exact) mass is 368 g/mol. The quantitative estimate of drug-likeness (QED) is 0.816. The predicted octanol–water partition coefficient (Wildman–Crippen LogP) is 3.06. The van der Waals surface area contributed by atoms with E-state index in [-0.39, 0.29) is 11.9 Å². The predicted molar refractivity (Wildman–Crippen MR) is 106 cm³/mol. The standard InChI is InChI=1S/C22H28N2O3/c1-3-17-4-6-19(7-5-17)22(25)23-16-21(24-12-14-27-15-13-24)18-8-10-20(26-2)11-9-18/h4-11,21H,3,12-16H2,1-2H3,(H,23,25). The molecule has 0 bridgehead atoms. The summed E-state index contributed by atoms with van der Waals surface area (Å²) in [7, 11) is 1.67. The molecule has 27 heavy (non-hydrogen) atoms. The van der Waals surface area contributed by atoms with Crippen LogP contribution in [0.25, 0.3) is 0 Å². The van der Waals surface area contributed by atoms with Crippen LogP contribution in [0.2, 0.25) is 0 Å². The van der Waals surface area contributed by atoms with Gasteiger partial charge < -0.3 is 14.8 Å². The minimum absolute atomic E-state index is 0.0376. The molecule has 0 saturated carbocycles. The maximum absolute atomic E-state index is 12.6. The van der Waals surface area contributed by atoms with E-state index in [1.807, 2.05) is 36.4 Å². The van der Waals surface area contributed by atoms with Gasteiger partial charge in [-0.2, -0.15) is 0 Å². The molecule has 144 valence electrons. The second-order valence-electron chi connectivity index (χ2n) is 6.70. The summed E-state index contributed by atoms with van der Waals surface area (Å²) in [6.07, 6.45) is 0.971. The van der Waals surface area contributed by atoms with Crippen LogP contribution in [0.15, 0.2) is 48.5 Å². The van der Waals surface area contributed by atoms with Crippen LogP contribution in [-0.4, -0.2) is 50.8 Å². The number of amides is 1. The van der Waals surface area contributed by atoms with Gasteiger partial charge in [0.25, 0.3) is 5.91 Å². The summed E-state index contributed by atoms with van der Waals surface area (Å²) in [6.45, 7) is 5.82. The van der Waals surface area contributed by atoms with Crippen molar-refractivity contribution >= 4 is 5.91 Å². The van der Waals surface area contributed by atoms with E-state index in [9.17, 15) is 4.79 Å². The summed E-state index contributed by atoms with van der Waals surface area (Å²) in [5.41, 5.74) is 3.10. The largest absolute Gasteiger partial charge is 0.497 e. The third-order valence-electron chi connectivity index (χ3n) is 5.07. The number of rotatable bonds is 7. The normalized spacial score (nSPS) is 15.9. The maximum Gasteiger partial charge on any atom is 0.251 e. The Morgan fingerprint density at radius 3 is 2.37 bits per heavy atom. The van der Waals surface area contributed by atoms with Crippen molar-refractivity contribution in [1.82, 2.24) is 10.2 Å². The summed E-state index contributed by atoms with van der Waals surface area (Å²) in [5, 5.41) is 3.11. The number of carbonyl (C=O) groups excluding carboxylic acids is 1. The first-order valence-electron chi connectivity index (χ1n) is 9.54. The minimum Gasteiger partial charge on any atom is -0.497 e. The lowest BCUT2D eigenvalue weighted by Gasteiger charge is -2.35. The van der Waals surface area contributed by atoms with E-state index >= 15 is 0 Å². The van der Waals surface area contributed by atoms with Crippen molar-refractivity contribution in [1.29, 1.82) is 0 Å². The van der Waals surface area contributed by atoms with Crippen LogP contribution in [0.1, 0.15) is 34.5 Å². The smallest absolute Gasteiger partial charge is 0.251 e. The molecule has 1 aliphatic rings. The topological polar surface area (TPSA) is 50.8 Å². The number of nitrogens with zero attached hydrogens (tertiary/aromatic N) is 1. The Hall–Kier alpha value is -2.37. The number of methoxy groups -OCH3 is 1. The summed E-state index contributed by atoms with van der Waals surface area (Å²) < 4.78 is 10.8. The number of nitrogens with one attached hydrogen (secondary N) is 1. The number of morpholine rings is 1. The van der Waals surface area contributed by atoms with Gasteiger partial charge in [-0.05, 0) is 41.8 Å². The fourth-order valence-corrected chi connectivity index (χ4v) is 3.36. The van der Waals surface area contributed by atoms with E-state index in [0.29, 0.717) is 12.1 Å². The first-order valence-corrected chi connectivity index (χ1v) is 9.54. The van der Waals surface area contributed by atoms with Gasteiger partial charge in [0.15, 0.2) is 0 Å². The van der Waals surface area contributed by atoms with Crippen molar-refractivity contribution in [3.63, 3.8) is 0 Å². The molecular weight excluding hydrogens is 340 g/mol. The van der Waals surface area contributed by atoms with Crippen molar-refractivity contribution in [3.05, 3.63) is 65.2 Å². The summed E-state index contributed by atoms with van der Waals surface area (Å²) in [4.78, 5) is 15.0. The van der Waals surface area contributed by atoms with E-state index < -0.39 is 0 Å². The molecule has 3 rings (SSSR count). The lowest BCUT2D eigenvalue weighted by atomic mass is 10.0. The van der Waals surface area contributed by atoms with Gasteiger partial charge in [-0.15, -0.1) is 0 Å². The molecule has 1 unspecified atom stereocenters. The molecule has 1 atom stereocenters. The number of benzene rings is 2. The van der Waals surface area contributed by atoms with E-state index in [4.69, 9.17) is 9.47 Å². The Morgan fingerprint density at radius 2 is 1.78 bits per heavy atom. The lowest BCUT2D eigenvalue weighted by Crippen LogP contribution is -2.43. The molecule has 1 fully saturated rings. The van der Waals surface area contributed by atoms with Crippen LogP contribution in [0, 0.1) is 0 Å². The van der Waals surface area contributed by atoms with E-state index in [0.717, 1.165) is 38.5 Å². The first-order chi connectivity index (χ1) is 13.2. The fourth-order valence-electron chi connectivity index (χ4n) is 3.36. The van der Waals surface area contributed by atoms with Crippen molar-refractivity contribution < 1.29 is 14.3 Å². The molecule has 5 heteroatoms. The molecule has 0 aromatic heterocycles. The number of hydrogen-bond donors (Lipinski definition) is 1. The van der Waals surface area contributed by atoms with Crippen LogP contribution in [-0.2, 0) is 11.2 Å². The highest BCUT2D eigenvalue weighted by Gasteiger charge is 2.23. The van der Waals surface area contributed by atoms with E-state index in [2.05, 4.69) is 29.3 Å². The summed E-state index contributed by atoms with van der Waals surface area (Å²) in [5.74, 6) is 0.795. The SMILES string of the molecule is CCc1ccc(C(=O)NCC(c2ccc(OC)cc2)N2CCOCC2)cc1. The molecule has 1 amide bonds. The van der Waals surface area contributed by atoms with Crippen molar-refractivity contribution in [2.45, 2.75) is 19.4 Å². The molecule has 2 aromatic rings. The fraction of sp³-hybridized carbons (Fsp3) is 0.409. The molecule has 1 N–H and O–H groups in total. The van der Waals surface area contributed by atoms with Gasteiger partial charge in [0.2, 0.25) is 0 Å². The number of aryl methyl sites for hydroxylation is 1. The van der Waals surface area contributed by atoms with Gasteiger partial charge in [0.1, 0.15) is 5.75 Å². The molecule has 1 aliphatic heterocycles. The highest BCUT2D eigenvalue weighted by Crippen LogP contribution is 2.23. The Morgan fingerprint density at radius 1 is 1.11 bits per heavy atom. The van der Waals surface area contributed by atoms with Gasteiger partial charge in [0, 0.05) is 25.2 Å². The minimum atomic E-state index is -0.0376. The average Bonchev–Trinajstić information content (AvgIpc) is 2.75. The summed E-state index contributed by atoms with van der Waals surface area (Å²) in [6, 6.07) is 16.0. The molecule has 0 aliphatic carbocycles. The zero-order valence-corrected chi connectivity index (χ0v) is 16.1. The van der Waals surface area contributed by atoms with Crippen molar-refractivity contribution in [2.24, 2.45) is 0 Å². The number of hydrogen-bond acceptors (Lipinski definition) is 4. The Bertz CT molecular complexity index is 722. The van der Waals surface area contributed by atoms with Crippen molar-refractivity contribution in [2.75, 3.05) is 40.0 Å². The molecule has 0 spiro atoms. The number of carbonyl (C=O) groups is 1. The zero-order valence-electron chi connectivity index (χ0n) is 16.1. The van der Waals surface area contributed by atoms with E-state index in [1.54, 1.807) is 7.11 Å². The van der Waals surface area contributed by atoms with Gasteiger partial charge in [-0.25, -0.2) is 0 Å².